The van der Waals surface area contributed by atoms with E-state index < -0.39 is 0 Å². The van der Waals surface area contributed by atoms with Crippen molar-refractivity contribution >= 4 is 71.2 Å². The van der Waals surface area contributed by atoms with E-state index >= 15 is 0 Å². The minimum atomic E-state index is 1.08. The summed E-state index contributed by atoms with van der Waals surface area (Å²) in [5.74, 6) is 0. The zero-order valence-electron chi connectivity index (χ0n) is 37.3. The van der Waals surface area contributed by atoms with Crippen LogP contribution in [0.4, 0.5) is 17.1 Å². The van der Waals surface area contributed by atoms with Crippen LogP contribution in [0.15, 0.2) is 267 Å². The van der Waals surface area contributed by atoms with Crippen LogP contribution in [0.5, 0.6) is 0 Å². The molecule has 0 saturated carbocycles. The Labute approximate surface area is 395 Å². The summed E-state index contributed by atoms with van der Waals surface area (Å²) in [5, 5.41) is 9.88. The van der Waals surface area contributed by atoms with E-state index in [-0.39, 0.29) is 0 Å². The fourth-order valence-corrected chi connectivity index (χ4v) is 10.6. The molecule has 0 aliphatic rings. The first-order valence-electron chi connectivity index (χ1n) is 23.4. The Balaban J connectivity index is 0.992. The summed E-state index contributed by atoms with van der Waals surface area (Å²) in [5.41, 5.74) is 16.4. The lowest BCUT2D eigenvalue weighted by atomic mass is 9.84. The predicted octanol–water partition coefficient (Wildman–Crippen LogP) is 18.4. The van der Waals surface area contributed by atoms with Crippen molar-refractivity contribution in [2.75, 3.05) is 4.90 Å². The molecule has 0 spiro atoms. The van der Waals surface area contributed by atoms with Crippen molar-refractivity contribution in [1.29, 1.82) is 0 Å². The van der Waals surface area contributed by atoms with Crippen molar-refractivity contribution in [3.05, 3.63) is 267 Å². The fraction of sp³-hybridized carbons (Fsp3) is 0. The molecule has 68 heavy (non-hydrogen) atoms. The van der Waals surface area contributed by atoms with E-state index in [1.54, 1.807) is 0 Å². The van der Waals surface area contributed by atoms with E-state index in [0.29, 0.717) is 0 Å². The summed E-state index contributed by atoms with van der Waals surface area (Å²) in [4.78, 5) is 2.43. The van der Waals surface area contributed by atoms with Crippen molar-refractivity contribution in [2.24, 2.45) is 0 Å². The maximum Gasteiger partial charge on any atom is 0.0562 e. The second kappa shape index (κ2) is 16.5. The third kappa shape index (κ3) is 6.65. The number of anilines is 3. The van der Waals surface area contributed by atoms with Gasteiger partial charge in [0, 0.05) is 27.8 Å². The predicted molar refractivity (Wildman–Crippen MR) is 290 cm³/mol. The summed E-state index contributed by atoms with van der Waals surface area (Å²) in [7, 11) is 0. The Morgan fingerprint density at radius 3 is 1.43 bits per heavy atom. The zero-order chi connectivity index (χ0) is 45.0. The summed E-state index contributed by atoms with van der Waals surface area (Å²) in [6.45, 7) is 0. The second-order valence-electron chi connectivity index (χ2n) is 17.6. The van der Waals surface area contributed by atoms with E-state index in [1.165, 1.54) is 87.6 Å². The molecule has 2 heteroatoms. The number of hydrogen-bond acceptors (Lipinski definition) is 1. The van der Waals surface area contributed by atoms with E-state index in [2.05, 4.69) is 276 Å². The Kier molecular flexibility index (Phi) is 9.54. The van der Waals surface area contributed by atoms with Gasteiger partial charge in [-0.15, -0.1) is 0 Å². The SMILES string of the molecule is c1ccc(-c2ccc(N(c3ccc(-c4ccc5c(c4)c(-c4ccccc4)c(-c4ccccc4)c4ccccc45)cc3)c3cccc4c3c3ccccc3n4-c3ccc4ccccc4c3)cc2)cc1. The standard InChI is InChI=1S/C66H44N2/c1-4-17-45(18-5-1)47-31-37-53(38-32-47)67(62-29-16-30-63-66(62)59-27-14-15-28-61(59)68(63)55-41-35-46-19-10-11-24-51(46)43-55)54-39-33-48(34-40-54)52-36-42-57-56-25-12-13-26-58(56)64(49-20-6-2-7-21-49)65(60(57)44-52)50-22-8-3-9-23-50/h1-44H. The van der Waals surface area contributed by atoms with Crippen LogP contribution in [0.1, 0.15) is 0 Å². The molecule has 0 amide bonds. The molecule has 0 unspecified atom stereocenters. The molecule has 12 aromatic carbocycles. The highest BCUT2D eigenvalue weighted by molar-refractivity contribution is 6.22. The lowest BCUT2D eigenvalue weighted by Gasteiger charge is -2.27. The van der Waals surface area contributed by atoms with Gasteiger partial charge in [0.2, 0.25) is 0 Å². The van der Waals surface area contributed by atoms with Crippen molar-refractivity contribution in [1.82, 2.24) is 4.57 Å². The largest absolute Gasteiger partial charge is 0.310 e. The minimum Gasteiger partial charge on any atom is -0.310 e. The first-order chi connectivity index (χ1) is 33.7. The first kappa shape index (κ1) is 39.4. The van der Waals surface area contributed by atoms with E-state index in [0.717, 1.165) is 33.8 Å². The van der Waals surface area contributed by atoms with Crippen LogP contribution in [0.25, 0.3) is 104 Å². The molecule has 2 nitrogen and oxygen atoms in total. The minimum absolute atomic E-state index is 1.08. The van der Waals surface area contributed by atoms with E-state index in [9.17, 15) is 0 Å². The van der Waals surface area contributed by atoms with Gasteiger partial charge in [0.25, 0.3) is 0 Å². The van der Waals surface area contributed by atoms with Gasteiger partial charge in [-0.05, 0) is 137 Å². The van der Waals surface area contributed by atoms with Crippen LogP contribution in [0, 0.1) is 0 Å². The maximum absolute atomic E-state index is 2.43. The average Bonchev–Trinajstić information content (AvgIpc) is 3.76. The molecule has 0 aliphatic carbocycles. The van der Waals surface area contributed by atoms with Crippen LogP contribution >= 0.6 is 0 Å². The lowest BCUT2D eigenvalue weighted by molar-refractivity contribution is 1.18. The first-order valence-corrected chi connectivity index (χ1v) is 23.4. The number of rotatable bonds is 8. The molecule has 0 bridgehead atoms. The van der Waals surface area contributed by atoms with Crippen LogP contribution in [0.2, 0.25) is 0 Å². The van der Waals surface area contributed by atoms with Crippen molar-refractivity contribution in [3.8, 4) is 50.2 Å². The van der Waals surface area contributed by atoms with Gasteiger partial charge in [-0.1, -0.05) is 206 Å². The molecule has 0 aliphatic heterocycles. The molecular formula is C66H44N2. The van der Waals surface area contributed by atoms with Crippen LogP contribution < -0.4 is 4.90 Å². The molecule has 0 radical (unpaired) electrons. The molecule has 1 heterocycles. The Morgan fingerprint density at radius 2 is 0.750 bits per heavy atom. The number of fused-ring (bicyclic) bond motifs is 7. The number of nitrogens with zero attached hydrogens (tertiary/aromatic N) is 2. The summed E-state index contributed by atoms with van der Waals surface area (Å²) >= 11 is 0. The number of benzene rings is 12. The fourth-order valence-electron chi connectivity index (χ4n) is 10.6. The molecule has 13 aromatic rings. The number of hydrogen-bond donors (Lipinski definition) is 0. The highest BCUT2D eigenvalue weighted by atomic mass is 15.1. The molecule has 1 aromatic heterocycles. The summed E-state index contributed by atoms with van der Waals surface area (Å²) in [6.07, 6.45) is 0. The van der Waals surface area contributed by atoms with Gasteiger partial charge in [0.1, 0.15) is 0 Å². The van der Waals surface area contributed by atoms with Crippen molar-refractivity contribution < 1.29 is 0 Å². The number of aromatic nitrogens is 1. The quantitative estimate of drug-likeness (QED) is 0.138. The molecular weight excluding hydrogens is 821 g/mol. The molecule has 13 rings (SSSR count). The average molecular weight is 865 g/mol. The maximum atomic E-state index is 2.43. The lowest BCUT2D eigenvalue weighted by Crippen LogP contribution is -2.10. The monoisotopic (exact) mass is 864 g/mol. The molecule has 0 N–H and O–H groups in total. The normalized spacial score (nSPS) is 11.5. The third-order valence-corrected chi connectivity index (χ3v) is 13.7. The van der Waals surface area contributed by atoms with Gasteiger partial charge in [0.15, 0.2) is 0 Å². The van der Waals surface area contributed by atoms with Gasteiger partial charge in [-0.2, -0.15) is 0 Å². The van der Waals surface area contributed by atoms with Gasteiger partial charge in [-0.3, -0.25) is 0 Å². The highest BCUT2D eigenvalue weighted by Crippen LogP contribution is 2.47. The van der Waals surface area contributed by atoms with Crippen LogP contribution in [0.3, 0.4) is 0 Å². The second-order valence-corrected chi connectivity index (χ2v) is 17.6. The Bertz CT molecular complexity index is 3980. The number of para-hydroxylation sites is 1. The highest BCUT2D eigenvalue weighted by Gasteiger charge is 2.22. The van der Waals surface area contributed by atoms with Gasteiger partial charge in [-0.25, -0.2) is 0 Å². The van der Waals surface area contributed by atoms with Crippen LogP contribution in [-0.2, 0) is 0 Å². The van der Waals surface area contributed by atoms with Gasteiger partial charge >= 0.3 is 0 Å². The third-order valence-electron chi connectivity index (χ3n) is 13.7. The smallest absolute Gasteiger partial charge is 0.0562 e. The van der Waals surface area contributed by atoms with Crippen molar-refractivity contribution in [3.63, 3.8) is 0 Å². The van der Waals surface area contributed by atoms with Crippen molar-refractivity contribution in [2.45, 2.75) is 0 Å². The molecule has 0 saturated heterocycles. The zero-order valence-corrected chi connectivity index (χ0v) is 37.3. The van der Waals surface area contributed by atoms with Gasteiger partial charge in [0.05, 0.1) is 16.7 Å². The van der Waals surface area contributed by atoms with E-state index in [4.69, 9.17) is 0 Å². The Morgan fingerprint density at radius 1 is 0.265 bits per heavy atom. The van der Waals surface area contributed by atoms with E-state index in [1.807, 2.05) is 0 Å². The summed E-state index contributed by atoms with van der Waals surface area (Å²) < 4.78 is 2.43. The molecule has 318 valence electrons. The molecule has 0 atom stereocenters. The van der Waals surface area contributed by atoms with Crippen LogP contribution in [-0.4, -0.2) is 4.57 Å². The topological polar surface area (TPSA) is 8.17 Å². The Hall–Kier alpha value is -8.98. The van der Waals surface area contributed by atoms with Gasteiger partial charge < -0.3 is 9.47 Å². The summed E-state index contributed by atoms with van der Waals surface area (Å²) in [6, 6.07) is 97.5. The molecule has 0 fully saturated rings.